The van der Waals surface area contributed by atoms with E-state index in [0.29, 0.717) is 22.7 Å². The van der Waals surface area contributed by atoms with Crippen molar-refractivity contribution < 1.29 is 24.0 Å². The summed E-state index contributed by atoms with van der Waals surface area (Å²) in [6.45, 7) is 7.07. The molecule has 0 atom stereocenters. The van der Waals surface area contributed by atoms with Crippen molar-refractivity contribution >= 4 is 56.6 Å². The zero-order chi connectivity index (χ0) is 24.2. The number of ketones is 1. The molecule has 0 saturated carbocycles. The van der Waals surface area contributed by atoms with E-state index in [9.17, 15) is 14.4 Å². The van der Waals surface area contributed by atoms with Crippen LogP contribution in [0.3, 0.4) is 0 Å². The predicted octanol–water partition coefficient (Wildman–Crippen LogP) is 5.10. The molecule has 8 heteroatoms. The Hall–Kier alpha value is -4.04. The van der Waals surface area contributed by atoms with Gasteiger partial charge in [-0.25, -0.2) is 9.59 Å². The van der Waals surface area contributed by atoms with E-state index in [2.05, 4.69) is 11.7 Å². The molecule has 0 aliphatic carbocycles. The van der Waals surface area contributed by atoms with Gasteiger partial charge in [0.15, 0.2) is 0 Å². The number of ether oxygens (including phenoxy) is 1. The molecule has 34 heavy (non-hydrogen) atoms. The van der Waals surface area contributed by atoms with Crippen molar-refractivity contribution in [3.63, 3.8) is 0 Å². The van der Waals surface area contributed by atoms with Gasteiger partial charge in [-0.2, -0.15) is 0 Å². The Morgan fingerprint density at radius 2 is 1.71 bits per heavy atom. The van der Waals surface area contributed by atoms with Crippen LogP contribution in [0.15, 0.2) is 71.7 Å². The first-order valence-electron chi connectivity index (χ1n) is 10.5. The van der Waals surface area contributed by atoms with Crippen LogP contribution in [-0.4, -0.2) is 34.6 Å². The van der Waals surface area contributed by atoms with E-state index in [-0.39, 0.29) is 12.4 Å². The van der Waals surface area contributed by atoms with Gasteiger partial charge in [0.2, 0.25) is 5.78 Å². The quantitative estimate of drug-likeness (QED) is 0.0885. The lowest BCUT2D eigenvalue weighted by Crippen LogP contribution is -2.09. The fourth-order valence-corrected chi connectivity index (χ4v) is 4.43. The van der Waals surface area contributed by atoms with Gasteiger partial charge in [0.05, 0.1) is 17.1 Å². The van der Waals surface area contributed by atoms with Gasteiger partial charge in [-0.3, -0.25) is 4.79 Å². The third-order valence-corrected chi connectivity index (χ3v) is 6.20. The normalized spacial score (nSPS) is 11.5. The highest BCUT2D eigenvalue weighted by atomic mass is 32.1. The summed E-state index contributed by atoms with van der Waals surface area (Å²) in [6.07, 6.45) is 1.13. The molecule has 2 aromatic heterocycles. The van der Waals surface area contributed by atoms with Crippen molar-refractivity contribution in [2.75, 3.05) is 6.61 Å². The van der Waals surface area contributed by atoms with E-state index in [4.69, 9.17) is 9.57 Å². The van der Waals surface area contributed by atoms with Crippen LogP contribution < -0.4 is 0 Å². The SMILES string of the molecule is C=CC(=O)OCCn1c2ccc(C(=O)c3cccs3)cc2c2cc(/C(C)=N/OC(C)=O)ccc21. The third-order valence-electron chi connectivity index (χ3n) is 5.33. The molecule has 0 amide bonds. The van der Waals surface area contributed by atoms with E-state index >= 15 is 0 Å². The molecule has 0 bridgehead atoms. The van der Waals surface area contributed by atoms with Crippen molar-refractivity contribution in [3.8, 4) is 0 Å². The molecule has 0 radical (unpaired) electrons. The fraction of sp³-hybridized carbons (Fsp3) is 0.154. The summed E-state index contributed by atoms with van der Waals surface area (Å²) in [6, 6.07) is 15.0. The van der Waals surface area contributed by atoms with Crippen LogP contribution >= 0.6 is 11.3 Å². The van der Waals surface area contributed by atoms with Crippen LogP contribution in [0.5, 0.6) is 0 Å². The highest BCUT2D eigenvalue weighted by Crippen LogP contribution is 2.32. The number of thiophene rings is 1. The van der Waals surface area contributed by atoms with Gasteiger partial charge in [0.1, 0.15) is 6.61 Å². The second-order valence-electron chi connectivity index (χ2n) is 7.55. The van der Waals surface area contributed by atoms with E-state index in [1.165, 1.54) is 18.3 Å². The average molecular weight is 475 g/mol. The van der Waals surface area contributed by atoms with Crippen LogP contribution in [0.2, 0.25) is 0 Å². The van der Waals surface area contributed by atoms with Gasteiger partial charge in [-0.05, 0) is 54.3 Å². The molecule has 4 rings (SSSR count). The average Bonchev–Trinajstić information content (AvgIpc) is 3.48. The predicted molar refractivity (Wildman–Crippen MR) is 132 cm³/mol. The maximum absolute atomic E-state index is 13.0. The van der Waals surface area contributed by atoms with E-state index < -0.39 is 11.9 Å². The summed E-state index contributed by atoms with van der Waals surface area (Å²) in [5, 5.41) is 7.55. The molecule has 0 saturated heterocycles. The Balaban J connectivity index is 1.83. The first kappa shape index (κ1) is 23.1. The highest BCUT2D eigenvalue weighted by Gasteiger charge is 2.16. The smallest absolute Gasteiger partial charge is 0.331 e. The minimum absolute atomic E-state index is 0.0403. The highest BCUT2D eigenvalue weighted by molar-refractivity contribution is 7.12. The monoisotopic (exact) mass is 474 g/mol. The minimum Gasteiger partial charge on any atom is -0.461 e. The molecule has 7 nitrogen and oxygen atoms in total. The van der Waals surface area contributed by atoms with E-state index in [0.717, 1.165) is 33.4 Å². The van der Waals surface area contributed by atoms with Crippen molar-refractivity contribution in [1.29, 1.82) is 0 Å². The van der Waals surface area contributed by atoms with Gasteiger partial charge < -0.3 is 14.1 Å². The van der Waals surface area contributed by atoms with Gasteiger partial charge in [-0.15, -0.1) is 11.3 Å². The second-order valence-corrected chi connectivity index (χ2v) is 8.50. The van der Waals surface area contributed by atoms with Crippen molar-refractivity contribution in [1.82, 2.24) is 4.57 Å². The number of oxime groups is 1. The van der Waals surface area contributed by atoms with Gasteiger partial charge in [0.25, 0.3) is 0 Å². The molecule has 0 fully saturated rings. The van der Waals surface area contributed by atoms with Gasteiger partial charge in [-0.1, -0.05) is 23.9 Å². The van der Waals surface area contributed by atoms with Crippen LogP contribution in [-0.2, 0) is 25.7 Å². The number of esters is 1. The summed E-state index contributed by atoms with van der Waals surface area (Å²) < 4.78 is 7.24. The number of rotatable bonds is 8. The summed E-state index contributed by atoms with van der Waals surface area (Å²) in [5.74, 6) is -1.02. The second kappa shape index (κ2) is 9.84. The zero-order valence-electron chi connectivity index (χ0n) is 18.7. The summed E-state index contributed by atoms with van der Waals surface area (Å²) in [7, 11) is 0. The molecule has 0 unspecified atom stereocenters. The molecule has 4 aromatic rings. The molecule has 172 valence electrons. The number of carbonyl (C=O) groups is 3. The van der Waals surface area contributed by atoms with Crippen molar-refractivity contribution in [2.45, 2.75) is 20.4 Å². The number of hydrogen-bond donors (Lipinski definition) is 0. The molecule has 0 spiro atoms. The van der Waals surface area contributed by atoms with Crippen molar-refractivity contribution in [3.05, 3.63) is 82.6 Å². The number of nitrogens with zero attached hydrogens (tertiary/aromatic N) is 2. The van der Waals surface area contributed by atoms with Crippen molar-refractivity contribution in [2.24, 2.45) is 5.16 Å². The first-order chi connectivity index (χ1) is 16.4. The Morgan fingerprint density at radius 1 is 1.03 bits per heavy atom. The number of aromatic nitrogens is 1. The Labute approximate surface area is 199 Å². The topological polar surface area (TPSA) is 87.0 Å². The third kappa shape index (κ3) is 4.67. The first-order valence-corrected chi connectivity index (χ1v) is 11.4. The van der Waals surface area contributed by atoms with Gasteiger partial charge in [0, 0.05) is 40.4 Å². The Kier molecular flexibility index (Phi) is 6.70. The molecular weight excluding hydrogens is 452 g/mol. The van der Waals surface area contributed by atoms with Gasteiger partial charge >= 0.3 is 11.9 Å². The molecule has 0 aliphatic heterocycles. The molecular formula is C26H22N2O5S. The Morgan fingerprint density at radius 3 is 2.32 bits per heavy atom. The lowest BCUT2D eigenvalue weighted by Gasteiger charge is -2.08. The Bertz CT molecular complexity index is 1450. The number of benzene rings is 2. The number of hydrogen-bond acceptors (Lipinski definition) is 7. The maximum atomic E-state index is 13.0. The molecule has 2 aromatic carbocycles. The summed E-state index contributed by atoms with van der Waals surface area (Å²) >= 11 is 1.40. The van der Waals surface area contributed by atoms with Crippen LogP contribution in [0.4, 0.5) is 0 Å². The number of carbonyl (C=O) groups excluding carboxylic acids is 3. The van der Waals surface area contributed by atoms with Crippen LogP contribution in [0.1, 0.15) is 34.6 Å². The standard InChI is InChI=1S/C26H22N2O5S/c1-4-25(30)32-12-11-28-22-9-7-18(16(2)27-33-17(3)29)14-20(22)21-15-19(8-10-23(21)28)26(31)24-6-5-13-34-24/h4-10,13-15H,1,11-12H2,2-3H3/b27-16+. The largest absolute Gasteiger partial charge is 0.461 e. The maximum Gasteiger partial charge on any atom is 0.331 e. The van der Waals surface area contributed by atoms with Crippen LogP contribution in [0.25, 0.3) is 21.8 Å². The molecule has 2 heterocycles. The summed E-state index contributed by atoms with van der Waals surface area (Å²) in [5.41, 5.74) is 3.72. The number of fused-ring (bicyclic) bond motifs is 3. The van der Waals surface area contributed by atoms with Crippen LogP contribution in [0, 0.1) is 0 Å². The summed E-state index contributed by atoms with van der Waals surface area (Å²) in [4.78, 5) is 41.0. The fourth-order valence-electron chi connectivity index (χ4n) is 3.74. The lowest BCUT2D eigenvalue weighted by molar-refractivity contribution is -0.141. The van der Waals surface area contributed by atoms with E-state index in [1.54, 1.807) is 13.0 Å². The van der Waals surface area contributed by atoms with E-state index in [1.807, 2.05) is 52.4 Å². The molecule has 0 aliphatic rings. The lowest BCUT2D eigenvalue weighted by atomic mass is 10.0. The minimum atomic E-state index is -0.497. The zero-order valence-corrected chi connectivity index (χ0v) is 19.6. The molecule has 0 N–H and O–H groups in total.